The summed E-state index contributed by atoms with van der Waals surface area (Å²) in [7, 11) is 0. The minimum absolute atomic E-state index is 0.0153. The molecule has 1 fully saturated rings. The average molecular weight is 283 g/mol. The summed E-state index contributed by atoms with van der Waals surface area (Å²) in [5.74, 6) is -0.0554. The van der Waals surface area contributed by atoms with Crippen LogP contribution in [0, 0.1) is 0 Å². The fourth-order valence-corrected chi connectivity index (χ4v) is 2.66. The number of nitrogens with zero attached hydrogens (tertiary/aromatic N) is 4. The topological polar surface area (TPSA) is 78.4 Å². The third kappa shape index (κ3) is 3.19. The average Bonchev–Trinajstić information content (AvgIpc) is 2.81. The summed E-state index contributed by atoms with van der Waals surface area (Å²) in [6.45, 7) is 5.84. The summed E-state index contributed by atoms with van der Waals surface area (Å²) in [6, 6.07) is 0. The first-order chi connectivity index (χ1) is 9.13. The highest BCUT2D eigenvalue weighted by atomic mass is 32.1. The van der Waals surface area contributed by atoms with Gasteiger partial charge >= 0.3 is 0 Å². The van der Waals surface area contributed by atoms with Gasteiger partial charge < -0.3 is 15.1 Å². The molecule has 8 heteroatoms. The van der Waals surface area contributed by atoms with Crippen molar-refractivity contribution >= 4 is 28.3 Å². The smallest absolute Gasteiger partial charge is 0.243 e. The SMILES string of the molecule is CCNc1nnc(CN2CC(=O)N(CC)CC2=O)s1. The van der Waals surface area contributed by atoms with Crippen molar-refractivity contribution in [2.75, 3.05) is 31.5 Å². The van der Waals surface area contributed by atoms with Crippen LogP contribution in [0.25, 0.3) is 0 Å². The second-order valence-corrected chi connectivity index (χ2v) is 5.25. The highest BCUT2D eigenvalue weighted by molar-refractivity contribution is 7.15. The summed E-state index contributed by atoms with van der Waals surface area (Å²) < 4.78 is 0. The van der Waals surface area contributed by atoms with Crippen LogP contribution in [0.3, 0.4) is 0 Å². The molecule has 1 aliphatic rings. The number of nitrogens with one attached hydrogen (secondary N) is 1. The molecule has 2 amide bonds. The van der Waals surface area contributed by atoms with Crippen molar-refractivity contribution in [3.8, 4) is 0 Å². The van der Waals surface area contributed by atoms with Crippen molar-refractivity contribution in [3.05, 3.63) is 5.01 Å². The summed E-state index contributed by atoms with van der Waals surface area (Å²) in [6.07, 6.45) is 0. The van der Waals surface area contributed by atoms with E-state index < -0.39 is 0 Å². The Labute approximate surface area is 115 Å². The Morgan fingerprint density at radius 3 is 2.53 bits per heavy atom. The highest BCUT2D eigenvalue weighted by Crippen LogP contribution is 2.18. The number of rotatable bonds is 5. The predicted octanol–water partition coefficient (Wildman–Crippen LogP) is 0.161. The number of carbonyl (C=O) groups excluding carboxylic acids is 2. The number of carbonyl (C=O) groups is 2. The normalized spacial score (nSPS) is 16.1. The maximum absolute atomic E-state index is 11.9. The molecule has 1 saturated heterocycles. The van der Waals surface area contributed by atoms with E-state index in [1.54, 1.807) is 4.90 Å². The molecule has 0 bridgehead atoms. The maximum Gasteiger partial charge on any atom is 0.243 e. The first-order valence-electron chi connectivity index (χ1n) is 6.25. The van der Waals surface area contributed by atoms with E-state index in [0.717, 1.165) is 16.7 Å². The number of likely N-dealkylation sites (N-methyl/N-ethyl adjacent to an activating group) is 1. The van der Waals surface area contributed by atoms with E-state index in [-0.39, 0.29) is 24.9 Å². The molecular weight excluding hydrogens is 266 g/mol. The van der Waals surface area contributed by atoms with Crippen LogP contribution >= 0.6 is 11.3 Å². The van der Waals surface area contributed by atoms with E-state index in [9.17, 15) is 9.59 Å². The van der Waals surface area contributed by atoms with Crippen LogP contribution in [0.15, 0.2) is 0 Å². The van der Waals surface area contributed by atoms with Gasteiger partial charge in [0.15, 0.2) is 0 Å². The zero-order valence-corrected chi connectivity index (χ0v) is 11.9. The molecule has 0 atom stereocenters. The number of anilines is 1. The lowest BCUT2D eigenvalue weighted by Gasteiger charge is -2.32. The monoisotopic (exact) mass is 283 g/mol. The Morgan fingerprint density at radius 2 is 1.84 bits per heavy atom. The molecule has 2 heterocycles. The molecule has 0 spiro atoms. The summed E-state index contributed by atoms with van der Waals surface area (Å²) in [5, 5.41) is 12.5. The van der Waals surface area contributed by atoms with E-state index >= 15 is 0 Å². The largest absolute Gasteiger partial charge is 0.360 e. The van der Waals surface area contributed by atoms with Crippen molar-refractivity contribution in [1.29, 1.82) is 0 Å². The van der Waals surface area contributed by atoms with Crippen molar-refractivity contribution < 1.29 is 9.59 Å². The van der Waals surface area contributed by atoms with E-state index in [4.69, 9.17) is 0 Å². The van der Waals surface area contributed by atoms with E-state index in [1.165, 1.54) is 16.2 Å². The van der Waals surface area contributed by atoms with Gasteiger partial charge in [0.25, 0.3) is 0 Å². The van der Waals surface area contributed by atoms with Crippen LogP contribution in [-0.4, -0.2) is 58.0 Å². The second kappa shape index (κ2) is 5.96. The van der Waals surface area contributed by atoms with Gasteiger partial charge in [-0.25, -0.2) is 0 Å². The number of hydrogen-bond acceptors (Lipinski definition) is 6. The van der Waals surface area contributed by atoms with Crippen LogP contribution in [0.1, 0.15) is 18.9 Å². The first-order valence-corrected chi connectivity index (χ1v) is 7.07. The van der Waals surface area contributed by atoms with Gasteiger partial charge in [-0.05, 0) is 13.8 Å². The molecular formula is C11H17N5O2S. The quantitative estimate of drug-likeness (QED) is 0.833. The standard InChI is InChI=1S/C11H17N5O2S/c1-3-12-11-14-13-8(19-11)5-16-7-9(17)15(4-2)6-10(16)18/h3-7H2,1-2H3,(H,12,14). The van der Waals surface area contributed by atoms with Crippen LogP contribution in [-0.2, 0) is 16.1 Å². The lowest BCUT2D eigenvalue weighted by atomic mass is 10.3. The molecule has 1 aliphatic heterocycles. The fourth-order valence-electron chi connectivity index (χ4n) is 1.84. The van der Waals surface area contributed by atoms with Crippen molar-refractivity contribution in [1.82, 2.24) is 20.0 Å². The summed E-state index contributed by atoms with van der Waals surface area (Å²) in [4.78, 5) is 26.8. The van der Waals surface area contributed by atoms with Crippen LogP contribution in [0.2, 0.25) is 0 Å². The Bertz CT molecular complexity index is 475. The van der Waals surface area contributed by atoms with Gasteiger partial charge in [-0.3, -0.25) is 9.59 Å². The molecule has 0 aromatic carbocycles. The zero-order chi connectivity index (χ0) is 13.8. The second-order valence-electron chi connectivity index (χ2n) is 4.19. The summed E-state index contributed by atoms with van der Waals surface area (Å²) in [5.41, 5.74) is 0. The molecule has 0 radical (unpaired) electrons. The van der Waals surface area contributed by atoms with Gasteiger partial charge in [0.2, 0.25) is 16.9 Å². The third-order valence-corrected chi connectivity index (χ3v) is 3.73. The number of piperazine rings is 1. The Morgan fingerprint density at radius 1 is 1.16 bits per heavy atom. The Balaban J connectivity index is 1.98. The number of amides is 2. The predicted molar refractivity (Wildman–Crippen MR) is 71.7 cm³/mol. The van der Waals surface area contributed by atoms with Crippen molar-refractivity contribution in [2.24, 2.45) is 0 Å². The molecule has 19 heavy (non-hydrogen) atoms. The van der Waals surface area contributed by atoms with Crippen LogP contribution < -0.4 is 5.32 Å². The van der Waals surface area contributed by atoms with E-state index in [0.29, 0.717) is 13.1 Å². The van der Waals surface area contributed by atoms with Gasteiger partial charge in [-0.1, -0.05) is 11.3 Å². The summed E-state index contributed by atoms with van der Waals surface area (Å²) >= 11 is 1.41. The minimum atomic E-state index is -0.0401. The van der Waals surface area contributed by atoms with Crippen LogP contribution in [0.5, 0.6) is 0 Å². The lowest BCUT2D eigenvalue weighted by Crippen LogP contribution is -2.53. The third-order valence-electron chi connectivity index (χ3n) is 2.86. The number of aromatic nitrogens is 2. The molecule has 1 aromatic rings. The maximum atomic E-state index is 11.9. The lowest BCUT2D eigenvalue weighted by molar-refractivity contribution is -0.150. The Hall–Kier alpha value is -1.70. The molecule has 1 N–H and O–H groups in total. The van der Waals surface area contributed by atoms with Gasteiger partial charge in [-0.15, -0.1) is 10.2 Å². The Kier molecular flexibility index (Phi) is 4.31. The first kappa shape index (κ1) is 13.7. The van der Waals surface area contributed by atoms with Gasteiger partial charge in [0, 0.05) is 13.1 Å². The fraction of sp³-hybridized carbons (Fsp3) is 0.636. The molecule has 2 rings (SSSR count). The zero-order valence-electron chi connectivity index (χ0n) is 11.0. The van der Waals surface area contributed by atoms with E-state index in [2.05, 4.69) is 15.5 Å². The van der Waals surface area contributed by atoms with Gasteiger partial charge in [0.05, 0.1) is 13.1 Å². The number of hydrogen-bond donors (Lipinski definition) is 1. The van der Waals surface area contributed by atoms with Gasteiger partial charge in [0.1, 0.15) is 11.6 Å². The molecule has 104 valence electrons. The van der Waals surface area contributed by atoms with Crippen LogP contribution in [0.4, 0.5) is 5.13 Å². The van der Waals surface area contributed by atoms with Gasteiger partial charge in [-0.2, -0.15) is 0 Å². The molecule has 0 aliphatic carbocycles. The molecule has 1 aromatic heterocycles. The van der Waals surface area contributed by atoms with Crippen molar-refractivity contribution in [2.45, 2.75) is 20.4 Å². The molecule has 0 saturated carbocycles. The molecule has 7 nitrogen and oxygen atoms in total. The molecule has 0 unspecified atom stereocenters. The highest BCUT2D eigenvalue weighted by Gasteiger charge is 2.29. The minimum Gasteiger partial charge on any atom is -0.360 e. The van der Waals surface area contributed by atoms with E-state index in [1.807, 2.05) is 13.8 Å². The van der Waals surface area contributed by atoms with Crippen molar-refractivity contribution in [3.63, 3.8) is 0 Å².